The summed E-state index contributed by atoms with van der Waals surface area (Å²) < 4.78 is 28.6. The van der Waals surface area contributed by atoms with Crippen LogP contribution in [0.15, 0.2) is 71.6 Å². The number of nitrogens with zero attached hydrogens (tertiary/aromatic N) is 2. The average Bonchev–Trinajstić information content (AvgIpc) is 2.88. The van der Waals surface area contributed by atoms with Crippen molar-refractivity contribution in [1.82, 2.24) is 10.2 Å². The van der Waals surface area contributed by atoms with E-state index in [1.807, 2.05) is 6.92 Å². The van der Waals surface area contributed by atoms with Crippen molar-refractivity contribution in [2.24, 2.45) is 0 Å². The first-order valence-corrected chi connectivity index (χ1v) is 14.3. The molecule has 0 aliphatic carbocycles. The molecule has 2 amide bonds. The van der Waals surface area contributed by atoms with Crippen molar-refractivity contribution in [3.05, 3.63) is 92.9 Å². The first-order chi connectivity index (χ1) is 18.0. The molecular weight excluding hydrogens is 569 g/mol. The van der Waals surface area contributed by atoms with Crippen LogP contribution in [0.2, 0.25) is 15.1 Å². The van der Waals surface area contributed by atoms with Crippen LogP contribution in [0, 0.1) is 6.92 Å². The molecule has 1 N–H and O–H groups in total. The number of carbonyl (C=O) groups is 2. The van der Waals surface area contributed by atoms with Gasteiger partial charge in [0.1, 0.15) is 12.6 Å². The molecule has 0 bridgehead atoms. The largest absolute Gasteiger partial charge is 0.357 e. The molecule has 11 heteroatoms. The van der Waals surface area contributed by atoms with Crippen molar-refractivity contribution >= 4 is 62.3 Å². The summed E-state index contributed by atoms with van der Waals surface area (Å²) in [5, 5.41) is 3.71. The molecule has 0 aliphatic heterocycles. The molecule has 0 saturated carbocycles. The monoisotopic (exact) mass is 595 g/mol. The molecule has 1 atom stereocenters. The van der Waals surface area contributed by atoms with Crippen LogP contribution < -0.4 is 9.62 Å². The third kappa shape index (κ3) is 6.99. The summed E-state index contributed by atoms with van der Waals surface area (Å²) >= 11 is 18.4. The second kappa shape index (κ2) is 12.8. The number of benzene rings is 3. The number of halogens is 3. The maximum absolute atomic E-state index is 13.9. The SMILES string of the molecule is CCC(C(=O)NC)N(Cc1ccc(Cl)cc1Cl)C(=O)CN(c1ccc(C)cc1)S(=O)(=O)c1ccc(Cl)cc1. The van der Waals surface area contributed by atoms with Gasteiger partial charge in [0, 0.05) is 28.7 Å². The number of aryl methyl sites for hydroxylation is 1. The van der Waals surface area contributed by atoms with E-state index in [2.05, 4.69) is 5.32 Å². The van der Waals surface area contributed by atoms with E-state index in [1.54, 1.807) is 49.4 Å². The Morgan fingerprint density at radius 1 is 0.921 bits per heavy atom. The average molecular weight is 597 g/mol. The van der Waals surface area contributed by atoms with Crippen molar-refractivity contribution in [2.45, 2.75) is 37.8 Å². The maximum Gasteiger partial charge on any atom is 0.264 e. The molecular formula is C27H28Cl3N3O4S. The van der Waals surface area contributed by atoms with E-state index in [4.69, 9.17) is 34.8 Å². The summed E-state index contributed by atoms with van der Waals surface area (Å²) in [6, 6.07) is 16.5. The summed E-state index contributed by atoms with van der Waals surface area (Å²) in [5.74, 6) is -0.960. The Balaban J connectivity index is 2.07. The molecule has 0 aliphatic rings. The zero-order valence-electron chi connectivity index (χ0n) is 21.1. The fourth-order valence-corrected chi connectivity index (χ4v) is 5.90. The highest BCUT2D eigenvalue weighted by Gasteiger charge is 2.33. The van der Waals surface area contributed by atoms with E-state index in [1.165, 1.54) is 36.2 Å². The van der Waals surface area contributed by atoms with Crippen molar-refractivity contribution in [3.63, 3.8) is 0 Å². The van der Waals surface area contributed by atoms with Gasteiger partial charge in [-0.1, -0.05) is 65.5 Å². The van der Waals surface area contributed by atoms with E-state index in [9.17, 15) is 18.0 Å². The zero-order chi connectivity index (χ0) is 28.0. The highest BCUT2D eigenvalue weighted by atomic mass is 35.5. The smallest absolute Gasteiger partial charge is 0.264 e. The maximum atomic E-state index is 13.9. The van der Waals surface area contributed by atoms with Gasteiger partial charge in [0.05, 0.1) is 10.6 Å². The quantitative estimate of drug-likeness (QED) is 0.325. The van der Waals surface area contributed by atoms with Crippen LogP contribution in [0.3, 0.4) is 0 Å². The Morgan fingerprint density at radius 2 is 1.53 bits per heavy atom. The van der Waals surface area contributed by atoms with Crippen molar-refractivity contribution < 1.29 is 18.0 Å². The Kier molecular flexibility index (Phi) is 10.1. The van der Waals surface area contributed by atoms with Crippen LogP contribution in [0.5, 0.6) is 0 Å². The van der Waals surface area contributed by atoms with Gasteiger partial charge in [-0.15, -0.1) is 0 Å². The number of hydrogen-bond acceptors (Lipinski definition) is 4. The van der Waals surface area contributed by atoms with Crippen molar-refractivity contribution in [1.29, 1.82) is 0 Å². The minimum Gasteiger partial charge on any atom is -0.357 e. The topological polar surface area (TPSA) is 86.8 Å². The van der Waals surface area contributed by atoms with Gasteiger partial charge in [0.15, 0.2) is 0 Å². The molecule has 3 rings (SSSR count). The lowest BCUT2D eigenvalue weighted by Crippen LogP contribution is -2.51. The summed E-state index contributed by atoms with van der Waals surface area (Å²) in [5.41, 5.74) is 1.79. The van der Waals surface area contributed by atoms with Crippen LogP contribution in [0.25, 0.3) is 0 Å². The van der Waals surface area contributed by atoms with Crippen LogP contribution >= 0.6 is 34.8 Å². The summed E-state index contributed by atoms with van der Waals surface area (Å²) in [7, 11) is -2.70. The summed E-state index contributed by atoms with van der Waals surface area (Å²) in [6.45, 7) is 3.07. The fourth-order valence-electron chi connectivity index (χ4n) is 3.89. The third-order valence-corrected chi connectivity index (χ3v) is 8.62. The van der Waals surface area contributed by atoms with E-state index >= 15 is 0 Å². The molecule has 0 spiro atoms. The zero-order valence-corrected chi connectivity index (χ0v) is 24.2. The normalized spacial score (nSPS) is 12.1. The number of hydrogen-bond donors (Lipinski definition) is 1. The summed E-state index contributed by atoms with van der Waals surface area (Å²) in [4.78, 5) is 28.0. The van der Waals surface area contributed by atoms with Crippen molar-refractivity contribution in [2.75, 3.05) is 17.9 Å². The van der Waals surface area contributed by atoms with Crippen LogP contribution in [0.1, 0.15) is 24.5 Å². The number of rotatable bonds is 10. The second-order valence-electron chi connectivity index (χ2n) is 8.60. The van der Waals surface area contributed by atoms with Gasteiger partial charge < -0.3 is 10.2 Å². The lowest BCUT2D eigenvalue weighted by molar-refractivity contribution is -0.140. The molecule has 0 fully saturated rings. The Hall–Kier alpha value is -2.78. The lowest BCUT2D eigenvalue weighted by atomic mass is 10.1. The van der Waals surface area contributed by atoms with Gasteiger partial charge in [-0.05, 0) is 67.4 Å². The van der Waals surface area contributed by atoms with Gasteiger partial charge in [-0.25, -0.2) is 8.42 Å². The highest BCUT2D eigenvalue weighted by molar-refractivity contribution is 7.92. The standard InChI is InChI=1S/C27H28Cl3N3O4S/c1-4-25(27(35)31-3)32(16-19-7-8-21(29)15-24(19)30)26(34)17-33(22-11-5-18(2)6-12-22)38(36,37)23-13-9-20(28)10-14-23/h5-15,25H,4,16-17H2,1-3H3,(H,31,35). The van der Waals surface area contributed by atoms with Gasteiger partial charge in [0.2, 0.25) is 11.8 Å². The Morgan fingerprint density at radius 3 is 2.08 bits per heavy atom. The van der Waals surface area contributed by atoms with E-state index < -0.39 is 28.5 Å². The van der Waals surface area contributed by atoms with Gasteiger partial charge in [-0.2, -0.15) is 0 Å². The number of likely N-dealkylation sites (N-methyl/N-ethyl adjacent to an activating group) is 1. The van der Waals surface area contributed by atoms with Crippen LogP contribution in [-0.2, 0) is 26.2 Å². The van der Waals surface area contributed by atoms with E-state index in [-0.39, 0.29) is 17.3 Å². The molecule has 1 unspecified atom stereocenters. The van der Waals surface area contributed by atoms with Gasteiger partial charge in [-0.3, -0.25) is 13.9 Å². The van der Waals surface area contributed by atoms with E-state index in [0.29, 0.717) is 32.7 Å². The summed E-state index contributed by atoms with van der Waals surface area (Å²) in [6.07, 6.45) is 0.297. The van der Waals surface area contributed by atoms with Crippen molar-refractivity contribution in [3.8, 4) is 0 Å². The van der Waals surface area contributed by atoms with E-state index in [0.717, 1.165) is 9.87 Å². The molecule has 0 aromatic heterocycles. The predicted molar refractivity (Wildman–Crippen MR) is 152 cm³/mol. The first kappa shape index (κ1) is 29.8. The molecule has 38 heavy (non-hydrogen) atoms. The fraction of sp³-hybridized carbons (Fsp3) is 0.259. The molecule has 3 aromatic carbocycles. The third-order valence-electron chi connectivity index (χ3n) is 5.99. The minimum atomic E-state index is -4.17. The van der Waals surface area contributed by atoms with Crippen LogP contribution in [0.4, 0.5) is 5.69 Å². The number of anilines is 1. The minimum absolute atomic E-state index is 0.0243. The Labute approximate surface area is 238 Å². The number of nitrogens with one attached hydrogen (secondary N) is 1. The first-order valence-electron chi connectivity index (χ1n) is 11.8. The molecule has 202 valence electrons. The number of carbonyl (C=O) groups excluding carboxylic acids is 2. The highest BCUT2D eigenvalue weighted by Crippen LogP contribution is 2.27. The molecule has 7 nitrogen and oxygen atoms in total. The molecule has 0 heterocycles. The van der Waals surface area contributed by atoms with Gasteiger partial charge in [0.25, 0.3) is 10.0 Å². The molecule has 0 saturated heterocycles. The predicted octanol–water partition coefficient (Wildman–Crippen LogP) is 5.70. The molecule has 0 radical (unpaired) electrons. The van der Waals surface area contributed by atoms with Crippen LogP contribution in [-0.4, -0.2) is 44.8 Å². The van der Waals surface area contributed by atoms with Gasteiger partial charge >= 0.3 is 0 Å². The second-order valence-corrected chi connectivity index (χ2v) is 11.7. The Bertz CT molecular complexity index is 1400. The molecule has 3 aromatic rings. The number of amides is 2. The lowest BCUT2D eigenvalue weighted by Gasteiger charge is -2.33. The number of sulfonamides is 1.